The number of nitriles is 1. The van der Waals surface area contributed by atoms with Gasteiger partial charge in [0.05, 0.1) is 18.9 Å². The molecule has 0 saturated heterocycles. The van der Waals surface area contributed by atoms with Crippen molar-refractivity contribution in [3.8, 4) is 23.3 Å². The number of carboxylic acids is 1. The van der Waals surface area contributed by atoms with Crippen LogP contribution in [0, 0.1) is 11.3 Å². The fraction of sp³-hybridized carbons (Fsp3) is 0.0714. The number of ether oxygens (including phenoxy) is 2. The molecule has 0 amide bonds. The molecule has 20 heavy (non-hydrogen) atoms. The van der Waals surface area contributed by atoms with Crippen molar-refractivity contribution in [1.82, 2.24) is 4.98 Å². The maximum atomic E-state index is 11.2. The zero-order valence-electron chi connectivity index (χ0n) is 10.5. The van der Waals surface area contributed by atoms with Crippen LogP contribution in [0.25, 0.3) is 0 Å². The average Bonchev–Trinajstić information content (AvgIpc) is 2.47. The molecule has 2 aromatic rings. The van der Waals surface area contributed by atoms with Gasteiger partial charge in [0.15, 0.2) is 17.2 Å². The lowest BCUT2D eigenvalue weighted by atomic mass is 10.2. The van der Waals surface area contributed by atoms with E-state index < -0.39 is 5.97 Å². The molecule has 1 aromatic carbocycles. The molecule has 0 saturated carbocycles. The highest BCUT2D eigenvalue weighted by Crippen LogP contribution is 2.35. The van der Waals surface area contributed by atoms with Gasteiger partial charge in [-0.05, 0) is 18.2 Å². The van der Waals surface area contributed by atoms with E-state index in [1.54, 1.807) is 12.1 Å². The Kier molecular flexibility index (Phi) is 3.82. The Morgan fingerprint density at radius 2 is 2.15 bits per heavy atom. The molecule has 1 aromatic heterocycles. The van der Waals surface area contributed by atoms with Crippen LogP contribution in [0.15, 0.2) is 36.7 Å². The summed E-state index contributed by atoms with van der Waals surface area (Å²) < 4.78 is 10.6. The molecule has 0 aliphatic rings. The third-order valence-electron chi connectivity index (χ3n) is 2.55. The number of para-hydroxylation sites is 1. The molecule has 1 N–H and O–H groups in total. The molecule has 0 fully saturated rings. The fourth-order valence-corrected chi connectivity index (χ4v) is 1.61. The van der Waals surface area contributed by atoms with E-state index in [1.807, 2.05) is 6.07 Å². The summed E-state index contributed by atoms with van der Waals surface area (Å²) in [5.74, 6) is -0.687. The van der Waals surface area contributed by atoms with E-state index in [1.165, 1.54) is 31.6 Å². The van der Waals surface area contributed by atoms with Gasteiger partial charge in [0.1, 0.15) is 11.6 Å². The predicted octanol–water partition coefficient (Wildman–Crippen LogP) is 2.45. The van der Waals surface area contributed by atoms with Gasteiger partial charge in [0.25, 0.3) is 0 Å². The van der Waals surface area contributed by atoms with Gasteiger partial charge in [0.2, 0.25) is 0 Å². The van der Waals surface area contributed by atoms with Crippen LogP contribution in [-0.4, -0.2) is 23.2 Å². The largest absolute Gasteiger partial charge is 0.493 e. The third-order valence-corrected chi connectivity index (χ3v) is 2.55. The standard InChI is InChI=1S/C14H10N2O4/c1-19-11-4-2-3-10(14(17)18)13(11)20-12-8-16-6-5-9(12)7-15/h2-6,8H,1H3,(H,17,18). The van der Waals surface area contributed by atoms with Gasteiger partial charge in [-0.2, -0.15) is 5.26 Å². The molecule has 0 bridgehead atoms. The van der Waals surface area contributed by atoms with E-state index in [-0.39, 0.29) is 28.4 Å². The minimum absolute atomic E-state index is 0.0343. The van der Waals surface area contributed by atoms with Crippen molar-refractivity contribution in [1.29, 1.82) is 5.26 Å². The van der Waals surface area contributed by atoms with Crippen molar-refractivity contribution < 1.29 is 19.4 Å². The van der Waals surface area contributed by atoms with Crippen LogP contribution in [-0.2, 0) is 0 Å². The molecule has 100 valence electrons. The molecule has 6 heteroatoms. The Morgan fingerprint density at radius 3 is 2.80 bits per heavy atom. The van der Waals surface area contributed by atoms with Crippen LogP contribution in [0.1, 0.15) is 15.9 Å². The zero-order valence-corrected chi connectivity index (χ0v) is 10.5. The average molecular weight is 270 g/mol. The number of hydrogen-bond acceptors (Lipinski definition) is 5. The first kappa shape index (κ1) is 13.4. The van der Waals surface area contributed by atoms with E-state index >= 15 is 0 Å². The number of methoxy groups -OCH3 is 1. The lowest BCUT2D eigenvalue weighted by Crippen LogP contribution is -2.02. The summed E-state index contributed by atoms with van der Waals surface area (Å²) in [6.45, 7) is 0. The van der Waals surface area contributed by atoms with Crippen LogP contribution in [0.2, 0.25) is 0 Å². The van der Waals surface area contributed by atoms with Crippen molar-refractivity contribution in [2.45, 2.75) is 0 Å². The highest BCUT2D eigenvalue weighted by atomic mass is 16.5. The first-order chi connectivity index (χ1) is 9.67. The van der Waals surface area contributed by atoms with E-state index in [2.05, 4.69) is 4.98 Å². The normalized spacial score (nSPS) is 9.60. The number of hydrogen-bond donors (Lipinski definition) is 1. The van der Waals surface area contributed by atoms with Gasteiger partial charge >= 0.3 is 5.97 Å². The lowest BCUT2D eigenvalue weighted by molar-refractivity contribution is 0.0693. The van der Waals surface area contributed by atoms with Crippen LogP contribution < -0.4 is 9.47 Å². The summed E-state index contributed by atoms with van der Waals surface area (Å²) in [4.78, 5) is 15.1. The highest BCUT2D eigenvalue weighted by Gasteiger charge is 2.18. The third kappa shape index (κ3) is 2.52. The van der Waals surface area contributed by atoms with Gasteiger partial charge in [-0.15, -0.1) is 0 Å². The smallest absolute Gasteiger partial charge is 0.339 e. The summed E-state index contributed by atoms with van der Waals surface area (Å²) in [5.41, 5.74) is 0.194. The molecule has 0 unspecified atom stereocenters. The lowest BCUT2D eigenvalue weighted by Gasteiger charge is -2.13. The summed E-state index contributed by atoms with van der Waals surface area (Å²) in [7, 11) is 1.41. The molecule has 0 radical (unpaired) electrons. The van der Waals surface area contributed by atoms with Crippen molar-refractivity contribution in [3.05, 3.63) is 47.8 Å². The van der Waals surface area contributed by atoms with E-state index in [0.29, 0.717) is 0 Å². The zero-order chi connectivity index (χ0) is 14.5. The van der Waals surface area contributed by atoms with Crippen molar-refractivity contribution in [3.63, 3.8) is 0 Å². The number of carbonyl (C=O) groups is 1. The SMILES string of the molecule is COc1cccc(C(=O)O)c1Oc1cnccc1C#N. The number of benzene rings is 1. The fourth-order valence-electron chi connectivity index (χ4n) is 1.61. The second kappa shape index (κ2) is 5.71. The Balaban J connectivity index is 2.53. The predicted molar refractivity (Wildman–Crippen MR) is 69.0 cm³/mol. The van der Waals surface area contributed by atoms with Gasteiger partial charge in [-0.25, -0.2) is 4.79 Å². The maximum absolute atomic E-state index is 11.2. The number of aromatic carboxylic acids is 1. The van der Waals surface area contributed by atoms with Crippen LogP contribution in [0.5, 0.6) is 17.2 Å². The number of rotatable bonds is 4. The maximum Gasteiger partial charge on any atom is 0.339 e. The first-order valence-corrected chi connectivity index (χ1v) is 5.59. The first-order valence-electron chi connectivity index (χ1n) is 5.59. The van der Waals surface area contributed by atoms with Crippen LogP contribution in [0.4, 0.5) is 0 Å². The molecule has 6 nitrogen and oxygen atoms in total. The number of nitrogens with zero attached hydrogens (tertiary/aromatic N) is 2. The Labute approximate surface area is 114 Å². The Hall–Kier alpha value is -3.07. The van der Waals surface area contributed by atoms with Crippen LogP contribution in [0.3, 0.4) is 0 Å². The van der Waals surface area contributed by atoms with Crippen molar-refractivity contribution in [2.24, 2.45) is 0 Å². The summed E-state index contributed by atoms with van der Waals surface area (Å²) in [6.07, 6.45) is 2.79. The molecule has 0 atom stereocenters. The topological polar surface area (TPSA) is 92.4 Å². The number of pyridine rings is 1. The quantitative estimate of drug-likeness (QED) is 0.917. The van der Waals surface area contributed by atoms with Crippen molar-refractivity contribution >= 4 is 5.97 Å². The molecule has 2 rings (SSSR count). The van der Waals surface area contributed by atoms with E-state index in [0.717, 1.165) is 0 Å². The van der Waals surface area contributed by atoms with E-state index in [4.69, 9.17) is 14.7 Å². The minimum Gasteiger partial charge on any atom is -0.493 e. The van der Waals surface area contributed by atoms with Crippen molar-refractivity contribution in [2.75, 3.05) is 7.11 Å². The van der Waals surface area contributed by atoms with Gasteiger partial charge in [0, 0.05) is 6.20 Å². The number of carboxylic acid groups (broad SMARTS) is 1. The molecular weight excluding hydrogens is 260 g/mol. The summed E-state index contributed by atoms with van der Waals surface area (Å²) in [6, 6.07) is 7.94. The summed E-state index contributed by atoms with van der Waals surface area (Å²) >= 11 is 0. The molecular formula is C14H10N2O4. The molecule has 1 heterocycles. The van der Waals surface area contributed by atoms with Gasteiger partial charge in [-0.1, -0.05) is 6.07 Å². The second-order valence-electron chi connectivity index (χ2n) is 3.73. The minimum atomic E-state index is -1.15. The monoisotopic (exact) mass is 270 g/mol. The second-order valence-corrected chi connectivity index (χ2v) is 3.73. The molecule has 0 aliphatic carbocycles. The summed E-state index contributed by atoms with van der Waals surface area (Å²) in [5, 5.41) is 18.2. The highest BCUT2D eigenvalue weighted by molar-refractivity contribution is 5.92. The Morgan fingerprint density at radius 1 is 1.35 bits per heavy atom. The molecule has 0 spiro atoms. The Bertz CT molecular complexity index is 692. The van der Waals surface area contributed by atoms with E-state index in [9.17, 15) is 9.90 Å². The van der Waals surface area contributed by atoms with Gasteiger partial charge < -0.3 is 14.6 Å². The molecule has 0 aliphatic heterocycles. The van der Waals surface area contributed by atoms with Gasteiger partial charge in [-0.3, -0.25) is 4.98 Å². The number of aromatic nitrogens is 1. The van der Waals surface area contributed by atoms with Crippen LogP contribution >= 0.6 is 0 Å².